The van der Waals surface area contributed by atoms with Gasteiger partial charge in [-0.1, -0.05) is 43.3 Å². The van der Waals surface area contributed by atoms with Gasteiger partial charge in [0.1, 0.15) is 0 Å². The quantitative estimate of drug-likeness (QED) is 0.760. The second-order valence-electron chi connectivity index (χ2n) is 5.80. The van der Waals surface area contributed by atoms with Gasteiger partial charge in [0.25, 0.3) is 0 Å². The van der Waals surface area contributed by atoms with Crippen LogP contribution in [0.1, 0.15) is 45.6 Å². The van der Waals surface area contributed by atoms with Crippen LogP contribution in [0.2, 0.25) is 0 Å². The van der Waals surface area contributed by atoms with Crippen molar-refractivity contribution < 1.29 is 14.3 Å². The van der Waals surface area contributed by atoms with E-state index in [-0.39, 0.29) is 17.7 Å². The lowest BCUT2D eigenvalue weighted by atomic mass is 9.77. The van der Waals surface area contributed by atoms with Crippen LogP contribution in [0, 0.1) is 5.92 Å². The molecule has 1 aliphatic carbocycles. The molecule has 0 amide bonds. The number of rotatable bonds is 5. The van der Waals surface area contributed by atoms with Crippen LogP contribution in [-0.2, 0) is 14.3 Å². The van der Waals surface area contributed by atoms with E-state index in [2.05, 4.69) is 13.0 Å². The van der Waals surface area contributed by atoms with E-state index in [0.717, 1.165) is 28.7 Å². The number of hydrogen-bond donors (Lipinski definition) is 0. The molecule has 0 saturated heterocycles. The number of esters is 1. The van der Waals surface area contributed by atoms with Gasteiger partial charge in [0.05, 0.1) is 12.5 Å². The van der Waals surface area contributed by atoms with Crippen molar-refractivity contribution in [2.24, 2.45) is 5.92 Å². The van der Waals surface area contributed by atoms with Gasteiger partial charge in [0, 0.05) is 0 Å². The highest BCUT2D eigenvalue weighted by molar-refractivity contribution is 5.96. The number of carbonyl (C=O) groups is 2. The van der Waals surface area contributed by atoms with Gasteiger partial charge in [-0.25, -0.2) is 0 Å². The number of carbonyl (C=O) groups excluding carboxylic acids is 2. The van der Waals surface area contributed by atoms with E-state index >= 15 is 0 Å². The first kappa shape index (κ1) is 17.2. The molecule has 0 radical (unpaired) electrons. The SMILES string of the molecule is CCOC(=O)C1CC(C(C)=O)=C(CC)/C(=C/c2ccccc2)C1. The Bertz CT molecular complexity index is 638. The molecule has 1 aliphatic rings. The van der Waals surface area contributed by atoms with Gasteiger partial charge in [-0.2, -0.15) is 0 Å². The lowest BCUT2D eigenvalue weighted by molar-refractivity contribution is -0.148. The number of benzene rings is 1. The molecule has 1 atom stereocenters. The second-order valence-corrected chi connectivity index (χ2v) is 5.80. The van der Waals surface area contributed by atoms with Crippen LogP contribution >= 0.6 is 0 Å². The summed E-state index contributed by atoms with van der Waals surface area (Å²) in [5.74, 6) is -0.422. The summed E-state index contributed by atoms with van der Waals surface area (Å²) in [6, 6.07) is 10.0. The van der Waals surface area contributed by atoms with Crippen molar-refractivity contribution in [3.63, 3.8) is 0 Å². The third kappa shape index (κ3) is 4.19. The zero-order chi connectivity index (χ0) is 16.8. The van der Waals surface area contributed by atoms with Gasteiger partial charge < -0.3 is 4.74 Å². The Kier molecular flexibility index (Phi) is 5.91. The highest BCUT2D eigenvalue weighted by Gasteiger charge is 2.31. The van der Waals surface area contributed by atoms with Crippen molar-refractivity contribution in [3.05, 3.63) is 52.6 Å². The van der Waals surface area contributed by atoms with E-state index in [9.17, 15) is 9.59 Å². The molecule has 3 nitrogen and oxygen atoms in total. The first-order valence-corrected chi connectivity index (χ1v) is 8.22. The van der Waals surface area contributed by atoms with Crippen molar-refractivity contribution in [2.75, 3.05) is 6.61 Å². The highest BCUT2D eigenvalue weighted by atomic mass is 16.5. The lowest BCUT2D eigenvalue weighted by Crippen LogP contribution is -2.25. The van der Waals surface area contributed by atoms with Crippen LogP contribution in [0.15, 0.2) is 47.1 Å². The van der Waals surface area contributed by atoms with Crippen LogP contribution in [0.4, 0.5) is 0 Å². The average Bonchev–Trinajstić information content (AvgIpc) is 2.55. The fourth-order valence-corrected chi connectivity index (χ4v) is 3.14. The second kappa shape index (κ2) is 7.91. The summed E-state index contributed by atoms with van der Waals surface area (Å²) < 4.78 is 5.18. The molecule has 0 saturated carbocycles. The van der Waals surface area contributed by atoms with Gasteiger partial charge in [-0.05, 0) is 55.4 Å². The summed E-state index contributed by atoms with van der Waals surface area (Å²) in [5.41, 5.74) is 4.02. The van der Waals surface area contributed by atoms with Crippen molar-refractivity contribution in [1.29, 1.82) is 0 Å². The van der Waals surface area contributed by atoms with Gasteiger partial charge in [-0.3, -0.25) is 9.59 Å². The van der Waals surface area contributed by atoms with E-state index in [0.29, 0.717) is 19.4 Å². The molecule has 0 spiro atoms. The Balaban J connectivity index is 2.44. The van der Waals surface area contributed by atoms with E-state index in [1.54, 1.807) is 13.8 Å². The standard InChI is InChI=1S/C20H24O3/c1-4-18-16(11-15-9-7-6-8-10-15)12-17(20(22)23-5-2)13-19(18)14(3)21/h6-11,17H,4-5,12-13H2,1-3H3/b16-11+. The monoisotopic (exact) mass is 312 g/mol. The highest BCUT2D eigenvalue weighted by Crippen LogP contribution is 2.37. The third-order valence-corrected chi connectivity index (χ3v) is 4.21. The first-order chi connectivity index (χ1) is 11.1. The largest absolute Gasteiger partial charge is 0.466 e. The van der Waals surface area contributed by atoms with Crippen LogP contribution in [0.5, 0.6) is 0 Å². The Hall–Kier alpha value is -2.16. The Labute approximate surface area is 138 Å². The summed E-state index contributed by atoms with van der Waals surface area (Å²) in [4.78, 5) is 24.2. The minimum Gasteiger partial charge on any atom is -0.466 e. The maximum atomic E-state index is 12.2. The van der Waals surface area contributed by atoms with E-state index < -0.39 is 0 Å². The smallest absolute Gasteiger partial charge is 0.309 e. The molecule has 0 fully saturated rings. The van der Waals surface area contributed by atoms with Crippen molar-refractivity contribution in [3.8, 4) is 0 Å². The number of allylic oxidation sites excluding steroid dienone is 3. The Morgan fingerprint density at radius 2 is 1.87 bits per heavy atom. The zero-order valence-electron chi connectivity index (χ0n) is 14.1. The van der Waals surface area contributed by atoms with Gasteiger partial charge in [0.2, 0.25) is 0 Å². The molecule has 0 aliphatic heterocycles. The molecular formula is C20H24O3. The molecule has 122 valence electrons. The van der Waals surface area contributed by atoms with Crippen molar-refractivity contribution in [1.82, 2.24) is 0 Å². The molecule has 2 rings (SSSR count). The molecule has 23 heavy (non-hydrogen) atoms. The van der Waals surface area contributed by atoms with Crippen LogP contribution in [0.3, 0.4) is 0 Å². The van der Waals surface area contributed by atoms with E-state index in [1.165, 1.54) is 0 Å². The Morgan fingerprint density at radius 1 is 1.17 bits per heavy atom. The number of Topliss-reactive ketones (excluding diaryl/α,β-unsaturated/α-hetero) is 1. The summed E-state index contributed by atoms with van der Waals surface area (Å²) in [5, 5.41) is 0. The number of ether oxygens (including phenoxy) is 1. The minimum absolute atomic E-state index is 0.0508. The fraction of sp³-hybridized carbons (Fsp3) is 0.400. The first-order valence-electron chi connectivity index (χ1n) is 8.22. The molecule has 0 aromatic heterocycles. The summed E-state index contributed by atoms with van der Waals surface area (Å²) in [6.07, 6.45) is 4.01. The normalized spacial score (nSPS) is 19.8. The predicted octanol–water partition coefficient (Wildman–Crippen LogP) is 4.34. The van der Waals surface area contributed by atoms with Gasteiger partial charge in [-0.15, -0.1) is 0 Å². The van der Waals surface area contributed by atoms with E-state index in [4.69, 9.17) is 4.74 Å². The zero-order valence-corrected chi connectivity index (χ0v) is 14.1. The summed E-state index contributed by atoms with van der Waals surface area (Å²) in [6.45, 7) is 5.81. The third-order valence-electron chi connectivity index (χ3n) is 4.21. The van der Waals surface area contributed by atoms with Crippen LogP contribution in [-0.4, -0.2) is 18.4 Å². The van der Waals surface area contributed by atoms with Gasteiger partial charge in [0.15, 0.2) is 5.78 Å². The van der Waals surface area contributed by atoms with Crippen LogP contribution in [0.25, 0.3) is 6.08 Å². The fourth-order valence-electron chi connectivity index (χ4n) is 3.14. The molecule has 1 unspecified atom stereocenters. The van der Waals surface area contributed by atoms with Crippen molar-refractivity contribution in [2.45, 2.75) is 40.0 Å². The topological polar surface area (TPSA) is 43.4 Å². The molecule has 1 aromatic rings. The Morgan fingerprint density at radius 3 is 2.43 bits per heavy atom. The maximum absolute atomic E-state index is 12.2. The average molecular weight is 312 g/mol. The lowest BCUT2D eigenvalue weighted by Gasteiger charge is -2.27. The van der Waals surface area contributed by atoms with Crippen LogP contribution < -0.4 is 0 Å². The predicted molar refractivity (Wildman–Crippen MR) is 91.8 cm³/mol. The van der Waals surface area contributed by atoms with E-state index in [1.807, 2.05) is 30.3 Å². The molecule has 0 heterocycles. The molecule has 3 heteroatoms. The summed E-state index contributed by atoms with van der Waals surface area (Å²) in [7, 11) is 0. The number of hydrogen-bond acceptors (Lipinski definition) is 3. The molecule has 0 bridgehead atoms. The maximum Gasteiger partial charge on any atom is 0.309 e. The molecule has 1 aromatic carbocycles. The molecule has 0 N–H and O–H groups in total. The van der Waals surface area contributed by atoms with Gasteiger partial charge >= 0.3 is 5.97 Å². The number of ketones is 1. The summed E-state index contributed by atoms with van der Waals surface area (Å²) >= 11 is 0. The minimum atomic E-state index is -0.265. The van der Waals surface area contributed by atoms with Crippen molar-refractivity contribution >= 4 is 17.8 Å². The molecular weight excluding hydrogens is 288 g/mol.